The summed E-state index contributed by atoms with van der Waals surface area (Å²) in [4.78, 5) is 7.22. The van der Waals surface area contributed by atoms with Gasteiger partial charge in [0.2, 0.25) is 0 Å². The first-order chi connectivity index (χ1) is 7.20. The van der Waals surface area contributed by atoms with Crippen molar-refractivity contribution in [3.05, 3.63) is 41.3 Å². The van der Waals surface area contributed by atoms with Crippen LogP contribution in [0.2, 0.25) is 0 Å². The number of nitrogens with one attached hydrogen (secondary N) is 1. The highest BCUT2D eigenvalue weighted by Gasteiger charge is 2.09. The fourth-order valence-corrected chi connectivity index (χ4v) is 1.58. The zero-order chi connectivity index (χ0) is 10.8. The van der Waals surface area contributed by atoms with Gasteiger partial charge in [0.15, 0.2) is 5.69 Å². The van der Waals surface area contributed by atoms with E-state index in [4.69, 9.17) is 5.26 Å². The van der Waals surface area contributed by atoms with Crippen LogP contribution in [0, 0.1) is 25.2 Å². The molecule has 1 heterocycles. The standard InChI is InChI=1S/C12H11N3/c1-8-4-3-5-10(6-8)12-11(7-13)14-9(2)15-12/h3-6H,1-2H3,(H,14,15). The number of H-pyrrole nitrogens is 1. The first-order valence-electron chi connectivity index (χ1n) is 4.74. The van der Waals surface area contributed by atoms with Crippen molar-refractivity contribution in [1.29, 1.82) is 5.26 Å². The maximum absolute atomic E-state index is 8.93. The monoisotopic (exact) mass is 197 g/mol. The maximum atomic E-state index is 8.93. The second-order valence-electron chi connectivity index (χ2n) is 3.53. The van der Waals surface area contributed by atoms with Crippen LogP contribution in [-0.2, 0) is 0 Å². The summed E-state index contributed by atoms with van der Waals surface area (Å²) in [5.74, 6) is 0.767. The number of nitrogens with zero attached hydrogens (tertiary/aromatic N) is 2. The van der Waals surface area contributed by atoms with E-state index < -0.39 is 0 Å². The van der Waals surface area contributed by atoms with E-state index in [1.807, 2.05) is 38.1 Å². The SMILES string of the molecule is Cc1cccc(-c2[nH]c(C)nc2C#N)c1. The van der Waals surface area contributed by atoms with Crippen molar-refractivity contribution in [3.8, 4) is 17.3 Å². The molecular formula is C12H11N3. The molecule has 0 aliphatic heterocycles. The van der Waals surface area contributed by atoms with Gasteiger partial charge in [-0.3, -0.25) is 0 Å². The summed E-state index contributed by atoms with van der Waals surface area (Å²) >= 11 is 0. The van der Waals surface area contributed by atoms with Crippen LogP contribution in [-0.4, -0.2) is 9.97 Å². The Morgan fingerprint density at radius 1 is 1.33 bits per heavy atom. The van der Waals surface area contributed by atoms with E-state index in [9.17, 15) is 0 Å². The second-order valence-corrected chi connectivity index (χ2v) is 3.53. The highest BCUT2D eigenvalue weighted by Crippen LogP contribution is 2.21. The summed E-state index contributed by atoms with van der Waals surface area (Å²) in [6, 6.07) is 10.1. The molecule has 0 unspecified atom stereocenters. The Morgan fingerprint density at radius 3 is 2.80 bits per heavy atom. The minimum Gasteiger partial charge on any atom is -0.341 e. The molecule has 0 radical (unpaired) electrons. The predicted molar refractivity (Wildman–Crippen MR) is 58.2 cm³/mol. The van der Waals surface area contributed by atoms with Gasteiger partial charge in [-0.05, 0) is 19.9 Å². The summed E-state index contributed by atoms with van der Waals surface area (Å²) in [5.41, 5.74) is 3.44. The molecule has 0 amide bonds. The summed E-state index contributed by atoms with van der Waals surface area (Å²) < 4.78 is 0. The zero-order valence-electron chi connectivity index (χ0n) is 8.70. The molecule has 0 atom stereocenters. The molecule has 0 fully saturated rings. The van der Waals surface area contributed by atoms with E-state index in [0.29, 0.717) is 5.69 Å². The zero-order valence-corrected chi connectivity index (χ0v) is 8.70. The Balaban J connectivity index is 2.59. The third-order valence-electron chi connectivity index (χ3n) is 2.23. The van der Waals surface area contributed by atoms with E-state index in [2.05, 4.69) is 16.0 Å². The molecule has 1 aromatic carbocycles. The van der Waals surface area contributed by atoms with Gasteiger partial charge in [0, 0.05) is 5.56 Å². The number of hydrogen-bond acceptors (Lipinski definition) is 2. The fourth-order valence-electron chi connectivity index (χ4n) is 1.58. The number of aromatic amines is 1. The lowest BCUT2D eigenvalue weighted by Crippen LogP contribution is -1.83. The van der Waals surface area contributed by atoms with Crippen LogP contribution in [0.1, 0.15) is 17.1 Å². The molecule has 74 valence electrons. The van der Waals surface area contributed by atoms with E-state index in [-0.39, 0.29) is 0 Å². The summed E-state index contributed by atoms with van der Waals surface area (Å²) in [6.07, 6.45) is 0. The first-order valence-corrected chi connectivity index (χ1v) is 4.74. The van der Waals surface area contributed by atoms with Gasteiger partial charge in [0.25, 0.3) is 0 Å². The minimum atomic E-state index is 0.457. The molecule has 3 nitrogen and oxygen atoms in total. The molecule has 0 saturated carbocycles. The topological polar surface area (TPSA) is 52.5 Å². The van der Waals surface area contributed by atoms with Crippen molar-refractivity contribution in [3.63, 3.8) is 0 Å². The molecule has 0 aliphatic carbocycles. The molecule has 3 heteroatoms. The van der Waals surface area contributed by atoms with E-state index in [0.717, 1.165) is 17.1 Å². The summed E-state index contributed by atoms with van der Waals surface area (Å²) in [6.45, 7) is 3.87. The summed E-state index contributed by atoms with van der Waals surface area (Å²) in [5, 5.41) is 8.93. The first kappa shape index (κ1) is 9.47. The van der Waals surface area contributed by atoms with Crippen molar-refractivity contribution in [2.24, 2.45) is 0 Å². The maximum Gasteiger partial charge on any atom is 0.166 e. The Bertz CT molecular complexity index is 532. The predicted octanol–water partition coefficient (Wildman–Crippen LogP) is 2.57. The molecule has 2 rings (SSSR count). The van der Waals surface area contributed by atoms with Crippen LogP contribution in [0.3, 0.4) is 0 Å². The van der Waals surface area contributed by atoms with Gasteiger partial charge in [-0.2, -0.15) is 5.26 Å². The highest BCUT2D eigenvalue weighted by molar-refractivity contribution is 5.65. The molecule has 0 aliphatic rings. The minimum absolute atomic E-state index is 0.457. The van der Waals surface area contributed by atoms with Crippen molar-refractivity contribution in [2.45, 2.75) is 13.8 Å². The van der Waals surface area contributed by atoms with E-state index >= 15 is 0 Å². The number of benzene rings is 1. The molecule has 0 saturated heterocycles. The van der Waals surface area contributed by atoms with Crippen LogP contribution >= 0.6 is 0 Å². The van der Waals surface area contributed by atoms with Gasteiger partial charge >= 0.3 is 0 Å². The Labute approximate surface area is 88.4 Å². The largest absolute Gasteiger partial charge is 0.341 e. The molecule has 1 aromatic heterocycles. The van der Waals surface area contributed by atoms with Gasteiger partial charge in [0.05, 0.1) is 5.69 Å². The Hall–Kier alpha value is -2.08. The number of aromatic nitrogens is 2. The molecule has 2 aromatic rings. The van der Waals surface area contributed by atoms with Gasteiger partial charge < -0.3 is 4.98 Å². The molecular weight excluding hydrogens is 186 g/mol. The lowest BCUT2D eigenvalue weighted by molar-refractivity contribution is 1.14. The van der Waals surface area contributed by atoms with Gasteiger partial charge in [-0.25, -0.2) is 4.98 Å². The molecule has 15 heavy (non-hydrogen) atoms. The highest BCUT2D eigenvalue weighted by atomic mass is 14.9. The van der Waals surface area contributed by atoms with Crippen molar-refractivity contribution >= 4 is 0 Å². The van der Waals surface area contributed by atoms with Crippen LogP contribution in [0.4, 0.5) is 0 Å². The lowest BCUT2D eigenvalue weighted by Gasteiger charge is -1.99. The summed E-state index contributed by atoms with van der Waals surface area (Å²) in [7, 11) is 0. The van der Waals surface area contributed by atoms with Crippen molar-refractivity contribution in [1.82, 2.24) is 9.97 Å². The number of nitriles is 1. The number of hydrogen-bond donors (Lipinski definition) is 1. The van der Waals surface area contributed by atoms with E-state index in [1.165, 1.54) is 5.56 Å². The van der Waals surface area contributed by atoms with Crippen LogP contribution in [0.5, 0.6) is 0 Å². The number of rotatable bonds is 1. The lowest BCUT2D eigenvalue weighted by atomic mass is 10.1. The van der Waals surface area contributed by atoms with Crippen molar-refractivity contribution in [2.75, 3.05) is 0 Å². The fraction of sp³-hybridized carbons (Fsp3) is 0.167. The third kappa shape index (κ3) is 1.75. The average Bonchev–Trinajstić information content (AvgIpc) is 2.59. The normalized spacial score (nSPS) is 9.93. The van der Waals surface area contributed by atoms with Gasteiger partial charge in [-0.1, -0.05) is 23.8 Å². The molecule has 0 spiro atoms. The smallest absolute Gasteiger partial charge is 0.166 e. The average molecular weight is 197 g/mol. The third-order valence-corrected chi connectivity index (χ3v) is 2.23. The second kappa shape index (κ2) is 3.58. The quantitative estimate of drug-likeness (QED) is 0.763. The number of aryl methyl sites for hydroxylation is 2. The van der Waals surface area contributed by atoms with Crippen molar-refractivity contribution < 1.29 is 0 Å². The van der Waals surface area contributed by atoms with Crippen LogP contribution in [0.25, 0.3) is 11.3 Å². The Morgan fingerprint density at radius 2 is 2.13 bits per heavy atom. The van der Waals surface area contributed by atoms with Crippen LogP contribution < -0.4 is 0 Å². The Kier molecular flexibility index (Phi) is 2.26. The van der Waals surface area contributed by atoms with Crippen LogP contribution in [0.15, 0.2) is 24.3 Å². The van der Waals surface area contributed by atoms with E-state index in [1.54, 1.807) is 0 Å². The van der Waals surface area contributed by atoms with Gasteiger partial charge in [-0.15, -0.1) is 0 Å². The molecule has 0 bridgehead atoms. The number of imidazole rings is 1. The van der Waals surface area contributed by atoms with Gasteiger partial charge in [0.1, 0.15) is 11.9 Å². The molecule has 1 N–H and O–H groups in total.